The van der Waals surface area contributed by atoms with E-state index in [-0.39, 0.29) is 6.61 Å². The second kappa shape index (κ2) is 3.14. The molecule has 4 heteroatoms. The van der Waals surface area contributed by atoms with Crippen molar-refractivity contribution >= 4 is 5.65 Å². The van der Waals surface area contributed by atoms with Crippen LogP contribution in [-0.4, -0.2) is 19.7 Å². The molecule has 0 fully saturated rings. The first-order valence-electron chi connectivity index (χ1n) is 4.28. The summed E-state index contributed by atoms with van der Waals surface area (Å²) >= 11 is 0. The third kappa shape index (κ3) is 1.29. The van der Waals surface area contributed by atoms with Gasteiger partial charge < -0.3 is 5.11 Å². The summed E-state index contributed by atoms with van der Waals surface area (Å²) in [5.41, 5.74) is 2.51. The highest BCUT2D eigenvalue weighted by atomic mass is 16.3. The summed E-state index contributed by atoms with van der Waals surface area (Å²) in [5, 5.41) is 13.3. The normalized spacial score (nSPS) is 10.9. The van der Waals surface area contributed by atoms with Gasteiger partial charge in [0.2, 0.25) is 0 Å². The first-order valence-corrected chi connectivity index (χ1v) is 4.28. The number of aryl methyl sites for hydroxylation is 1. The van der Waals surface area contributed by atoms with Crippen molar-refractivity contribution in [3.05, 3.63) is 29.7 Å². The van der Waals surface area contributed by atoms with Crippen molar-refractivity contribution < 1.29 is 5.11 Å². The lowest BCUT2D eigenvalue weighted by atomic mass is 10.3. The third-order valence-electron chi connectivity index (χ3n) is 2.01. The van der Waals surface area contributed by atoms with Crippen molar-refractivity contribution in [2.24, 2.45) is 0 Å². The van der Waals surface area contributed by atoms with Crippen molar-refractivity contribution in [3.63, 3.8) is 0 Å². The van der Waals surface area contributed by atoms with Crippen LogP contribution in [0.15, 0.2) is 18.3 Å². The number of nitrogens with zero attached hydrogens (tertiary/aromatic N) is 3. The lowest BCUT2D eigenvalue weighted by molar-refractivity contribution is 0.274. The molecule has 0 aromatic carbocycles. The molecular weight excluding hydrogens is 166 g/mol. The Morgan fingerprint density at radius 3 is 3.00 bits per heavy atom. The summed E-state index contributed by atoms with van der Waals surface area (Å²) < 4.78 is 1.68. The molecule has 2 aromatic heterocycles. The van der Waals surface area contributed by atoms with Gasteiger partial charge in [0.15, 0.2) is 5.65 Å². The molecule has 0 radical (unpaired) electrons. The molecule has 0 spiro atoms. The van der Waals surface area contributed by atoms with E-state index in [1.807, 2.05) is 19.1 Å². The number of imidazole rings is 1. The Balaban J connectivity index is 2.64. The fourth-order valence-corrected chi connectivity index (χ4v) is 1.26. The molecule has 0 saturated heterocycles. The zero-order chi connectivity index (χ0) is 9.26. The van der Waals surface area contributed by atoms with Crippen molar-refractivity contribution in [2.45, 2.75) is 20.0 Å². The van der Waals surface area contributed by atoms with Gasteiger partial charge in [-0.05, 0) is 18.6 Å². The van der Waals surface area contributed by atoms with Crippen LogP contribution in [0, 0.1) is 0 Å². The molecular formula is C9H11N3O. The van der Waals surface area contributed by atoms with Crippen LogP contribution in [0.5, 0.6) is 0 Å². The molecule has 0 unspecified atom stereocenters. The first-order chi connectivity index (χ1) is 6.35. The first kappa shape index (κ1) is 8.19. The molecule has 0 saturated carbocycles. The maximum Gasteiger partial charge on any atom is 0.153 e. The number of aliphatic hydroxyl groups excluding tert-OH is 1. The average Bonchev–Trinajstić information content (AvgIpc) is 2.59. The number of hydrogen-bond donors (Lipinski definition) is 1. The Labute approximate surface area is 75.8 Å². The quantitative estimate of drug-likeness (QED) is 0.737. The molecule has 0 aliphatic heterocycles. The highest BCUT2D eigenvalue weighted by Gasteiger charge is 2.02. The molecule has 13 heavy (non-hydrogen) atoms. The second-order valence-corrected chi connectivity index (χ2v) is 2.86. The SMILES string of the molecule is CCc1ccc2ncc(CO)n2n1. The molecule has 2 aromatic rings. The molecule has 0 aliphatic rings. The van der Waals surface area contributed by atoms with Crippen LogP contribution in [0.25, 0.3) is 5.65 Å². The maximum absolute atomic E-state index is 8.99. The minimum atomic E-state index is -0.0265. The lowest BCUT2D eigenvalue weighted by Gasteiger charge is -1.99. The lowest BCUT2D eigenvalue weighted by Crippen LogP contribution is -2.00. The summed E-state index contributed by atoms with van der Waals surface area (Å²) in [4.78, 5) is 4.11. The van der Waals surface area contributed by atoms with E-state index in [1.54, 1.807) is 10.7 Å². The number of fused-ring (bicyclic) bond motifs is 1. The van der Waals surface area contributed by atoms with E-state index in [1.165, 1.54) is 0 Å². The predicted octanol–water partition coefficient (Wildman–Crippen LogP) is 0.784. The zero-order valence-electron chi connectivity index (χ0n) is 7.44. The largest absolute Gasteiger partial charge is 0.390 e. The molecule has 0 amide bonds. The van der Waals surface area contributed by atoms with Gasteiger partial charge in [0.25, 0.3) is 0 Å². The molecule has 0 bridgehead atoms. The van der Waals surface area contributed by atoms with E-state index in [0.29, 0.717) is 0 Å². The topological polar surface area (TPSA) is 50.4 Å². The van der Waals surface area contributed by atoms with Crippen molar-refractivity contribution in [1.29, 1.82) is 0 Å². The van der Waals surface area contributed by atoms with E-state index in [0.717, 1.165) is 23.5 Å². The smallest absolute Gasteiger partial charge is 0.153 e. The molecule has 2 rings (SSSR count). The van der Waals surface area contributed by atoms with Gasteiger partial charge in [-0.3, -0.25) is 0 Å². The predicted molar refractivity (Wildman–Crippen MR) is 48.3 cm³/mol. The van der Waals surface area contributed by atoms with E-state index in [4.69, 9.17) is 5.11 Å². The van der Waals surface area contributed by atoms with Crippen molar-refractivity contribution in [1.82, 2.24) is 14.6 Å². The Morgan fingerprint density at radius 1 is 1.46 bits per heavy atom. The monoisotopic (exact) mass is 177 g/mol. The van der Waals surface area contributed by atoms with Gasteiger partial charge in [-0.1, -0.05) is 6.92 Å². The van der Waals surface area contributed by atoms with E-state index in [9.17, 15) is 0 Å². The van der Waals surface area contributed by atoms with Gasteiger partial charge in [0, 0.05) is 0 Å². The molecule has 0 aliphatic carbocycles. The van der Waals surface area contributed by atoms with E-state index < -0.39 is 0 Å². The molecule has 68 valence electrons. The van der Waals surface area contributed by atoms with Gasteiger partial charge in [-0.15, -0.1) is 0 Å². The minimum Gasteiger partial charge on any atom is -0.390 e. The number of hydrogen-bond acceptors (Lipinski definition) is 3. The van der Waals surface area contributed by atoms with E-state index >= 15 is 0 Å². The van der Waals surface area contributed by atoms with Gasteiger partial charge in [0.1, 0.15) is 0 Å². The van der Waals surface area contributed by atoms with Gasteiger partial charge in [-0.25, -0.2) is 9.50 Å². The molecule has 1 N–H and O–H groups in total. The van der Waals surface area contributed by atoms with Gasteiger partial charge in [-0.2, -0.15) is 5.10 Å². The molecule has 2 heterocycles. The second-order valence-electron chi connectivity index (χ2n) is 2.86. The fraction of sp³-hybridized carbons (Fsp3) is 0.333. The van der Waals surface area contributed by atoms with Crippen LogP contribution in [0.3, 0.4) is 0 Å². The highest BCUT2D eigenvalue weighted by molar-refractivity contribution is 5.38. The van der Waals surface area contributed by atoms with Crippen molar-refractivity contribution in [2.75, 3.05) is 0 Å². The summed E-state index contributed by atoms with van der Waals surface area (Å²) in [6.07, 6.45) is 2.53. The average molecular weight is 177 g/mol. The summed E-state index contributed by atoms with van der Waals surface area (Å²) in [5.74, 6) is 0. The minimum absolute atomic E-state index is 0.0265. The summed E-state index contributed by atoms with van der Waals surface area (Å²) in [6.45, 7) is 2.02. The Hall–Kier alpha value is -1.42. The van der Waals surface area contributed by atoms with Crippen LogP contribution < -0.4 is 0 Å². The Morgan fingerprint density at radius 2 is 2.31 bits per heavy atom. The van der Waals surface area contributed by atoms with Crippen LogP contribution in [0.2, 0.25) is 0 Å². The molecule has 0 atom stereocenters. The van der Waals surface area contributed by atoms with Crippen LogP contribution in [0.4, 0.5) is 0 Å². The third-order valence-corrected chi connectivity index (χ3v) is 2.01. The fourth-order valence-electron chi connectivity index (χ4n) is 1.26. The Kier molecular flexibility index (Phi) is 1.98. The summed E-state index contributed by atoms with van der Waals surface area (Å²) in [6, 6.07) is 3.86. The number of aromatic nitrogens is 3. The highest BCUT2D eigenvalue weighted by Crippen LogP contribution is 2.05. The summed E-state index contributed by atoms with van der Waals surface area (Å²) in [7, 11) is 0. The maximum atomic E-state index is 8.99. The van der Waals surface area contributed by atoms with Crippen LogP contribution >= 0.6 is 0 Å². The van der Waals surface area contributed by atoms with Crippen LogP contribution in [0.1, 0.15) is 18.3 Å². The van der Waals surface area contributed by atoms with E-state index in [2.05, 4.69) is 10.1 Å². The van der Waals surface area contributed by atoms with Crippen LogP contribution in [-0.2, 0) is 13.0 Å². The number of rotatable bonds is 2. The zero-order valence-corrected chi connectivity index (χ0v) is 7.44. The standard InChI is InChI=1S/C9H11N3O/c1-2-7-3-4-9-10-5-8(6-13)12(9)11-7/h3-5,13H,2,6H2,1H3. The van der Waals surface area contributed by atoms with Gasteiger partial charge in [0.05, 0.1) is 24.2 Å². The Bertz CT molecular complexity index is 422. The molecule has 4 nitrogen and oxygen atoms in total. The van der Waals surface area contributed by atoms with Gasteiger partial charge >= 0.3 is 0 Å². The van der Waals surface area contributed by atoms with Crippen molar-refractivity contribution in [3.8, 4) is 0 Å². The number of aliphatic hydroxyl groups is 1.